The first-order valence-corrected chi connectivity index (χ1v) is 38.7. The Morgan fingerprint density at radius 3 is 0.807 bits per heavy atom. The molecular formula is C69H134O17P2. The first-order valence-electron chi connectivity index (χ1n) is 35.7. The minimum Gasteiger partial charge on any atom is -0.462 e. The van der Waals surface area contributed by atoms with Gasteiger partial charge in [0.05, 0.1) is 26.4 Å². The van der Waals surface area contributed by atoms with E-state index in [4.69, 9.17) is 37.0 Å². The number of carbonyl (C=O) groups excluding carboxylic acids is 4. The van der Waals surface area contributed by atoms with Crippen molar-refractivity contribution in [3.05, 3.63) is 0 Å². The lowest BCUT2D eigenvalue weighted by atomic mass is 9.99. The fourth-order valence-electron chi connectivity index (χ4n) is 10.3. The van der Waals surface area contributed by atoms with Crippen molar-refractivity contribution in [1.82, 2.24) is 0 Å². The number of phosphoric ester groups is 2. The molecule has 88 heavy (non-hydrogen) atoms. The Bertz CT molecular complexity index is 1750. The van der Waals surface area contributed by atoms with Gasteiger partial charge in [-0.25, -0.2) is 9.13 Å². The largest absolute Gasteiger partial charge is 0.472 e. The number of hydrogen-bond acceptors (Lipinski definition) is 15. The van der Waals surface area contributed by atoms with E-state index in [1.807, 2.05) is 0 Å². The molecule has 0 saturated heterocycles. The highest BCUT2D eigenvalue weighted by atomic mass is 31.2. The number of esters is 4. The predicted molar refractivity (Wildman–Crippen MR) is 354 cm³/mol. The lowest BCUT2D eigenvalue weighted by Gasteiger charge is -2.21. The molecule has 0 radical (unpaired) electrons. The molecule has 0 bridgehead atoms. The van der Waals surface area contributed by atoms with Crippen LogP contribution in [0, 0.1) is 23.7 Å². The zero-order valence-corrected chi connectivity index (χ0v) is 59.1. The summed E-state index contributed by atoms with van der Waals surface area (Å²) in [5, 5.41) is 10.6. The van der Waals surface area contributed by atoms with E-state index >= 15 is 0 Å². The van der Waals surface area contributed by atoms with E-state index in [-0.39, 0.29) is 25.7 Å². The average Bonchev–Trinajstić information content (AvgIpc) is 3.69. The van der Waals surface area contributed by atoms with E-state index in [1.54, 1.807) is 0 Å². The number of ether oxygens (including phenoxy) is 4. The van der Waals surface area contributed by atoms with Crippen LogP contribution in [-0.4, -0.2) is 96.7 Å². The van der Waals surface area contributed by atoms with Crippen molar-refractivity contribution in [3.63, 3.8) is 0 Å². The Labute approximate surface area is 537 Å². The normalized spacial score (nSPS) is 14.6. The molecule has 0 spiro atoms. The third-order valence-electron chi connectivity index (χ3n) is 16.2. The molecule has 0 rings (SSSR count). The predicted octanol–water partition coefficient (Wildman–Crippen LogP) is 19.3. The van der Waals surface area contributed by atoms with Gasteiger partial charge in [0, 0.05) is 25.7 Å². The Morgan fingerprint density at radius 2 is 0.545 bits per heavy atom. The van der Waals surface area contributed by atoms with E-state index in [9.17, 15) is 43.2 Å². The number of unbranched alkanes of at least 4 members (excludes halogenated alkanes) is 31. The highest BCUT2D eigenvalue weighted by molar-refractivity contribution is 7.47. The quantitative estimate of drug-likeness (QED) is 0.0222. The zero-order valence-electron chi connectivity index (χ0n) is 57.3. The summed E-state index contributed by atoms with van der Waals surface area (Å²) in [7, 11) is -9.90. The molecule has 0 amide bonds. The van der Waals surface area contributed by atoms with Crippen molar-refractivity contribution < 1.29 is 80.2 Å². The summed E-state index contributed by atoms with van der Waals surface area (Å²) < 4.78 is 68.2. The van der Waals surface area contributed by atoms with Gasteiger partial charge >= 0.3 is 39.5 Å². The molecule has 6 atom stereocenters. The van der Waals surface area contributed by atoms with Crippen LogP contribution in [0.2, 0.25) is 0 Å². The summed E-state index contributed by atoms with van der Waals surface area (Å²) >= 11 is 0. The van der Waals surface area contributed by atoms with Gasteiger partial charge in [-0.1, -0.05) is 287 Å². The van der Waals surface area contributed by atoms with Crippen LogP contribution < -0.4 is 0 Å². The van der Waals surface area contributed by atoms with Crippen molar-refractivity contribution in [2.24, 2.45) is 23.7 Å². The van der Waals surface area contributed by atoms with Gasteiger partial charge in [0.15, 0.2) is 12.2 Å². The van der Waals surface area contributed by atoms with Gasteiger partial charge in [0.1, 0.15) is 19.3 Å². The summed E-state index contributed by atoms with van der Waals surface area (Å²) in [5.41, 5.74) is 0. The summed E-state index contributed by atoms with van der Waals surface area (Å²) in [5.74, 6) is 0.836. The molecule has 4 unspecified atom stereocenters. The number of aliphatic hydroxyl groups is 1. The Morgan fingerprint density at radius 1 is 0.318 bits per heavy atom. The van der Waals surface area contributed by atoms with Crippen LogP contribution in [0.1, 0.15) is 338 Å². The van der Waals surface area contributed by atoms with E-state index in [0.717, 1.165) is 108 Å². The zero-order chi connectivity index (χ0) is 65.4. The lowest BCUT2D eigenvalue weighted by Crippen LogP contribution is -2.30. The van der Waals surface area contributed by atoms with E-state index in [0.29, 0.717) is 31.6 Å². The second kappa shape index (κ2) is 58.8. The molecule has 3 N–H and O–H groups in total. The van der Waals surface area contributed by atoms with Gasteiger partial charge in [0.2, 0.25) is 0 Å². The molecular weight excluding hydrogens is 1160 g/mol. The second-order valence-electron chi connectivity index (χ2n) is 26.6. The molecule has 0 aromatic carbocycles. The molecule has 0 heterocycles. The molecule has 0 aliphatic carbocycles. The third kappa shape index (κ3) is 61.6. The van der Waals surface area contributed by atoms with Gasteiger partial charge in [0.25, 0.3) is 0 Å². The van der Waals surface area contributed by atoms with E-state index in [2.05, 4.69) is 55.4 Å². The molecule has 19 heteroatoms. The van der Waals surface area contributed by atoms with Crippen molar-refractivity contribution in [1.29, 1.82) is 0 Å². The van der Waals surface area contributed by atoms with Crippen LogP contribution >= 0.6 is 15.6 Å². The van der Waals surface area contributed by atoms with Crippen LogP contribution in [0.5, 0.6) is 0 Å². The summed E-state index contributed by atoms with van der Waals surface area (Å²) in [4.78, 5) is 72.4. The van der Waals surface area contributed by atoms with Gasteiger partial charge in [-0.05, 0) is 49.4 Å². The second-order valence-corrected chi connectivity index (χ2v) is 29.5. The van der Waals surface area contributed by atoms with E-state index in [1.165, 1.54) is 141 Å². The van der Waals surface area contributed by atoms with E-state index < -0.39 is 97.5 Å². The Hall–Kier alpha value is -1.94. The standard InChI is InChI=1S/C69H134O17P2/c1-9-62(8)48-40-32-23-16-13-14-17-24-33-41-49-66(71)79-55-64(85-68(73)51-43-35-26-18-12-10-11-15-21-29-37-45-59(2)3)57-83-87(75,76)81-53-63(70)54-82-88(77,78)84-58-65(86-69(74)52-44-36-28-27-31-39-47-61(6)7)56-80-67(72)50-42-34-25-20-19-22-30-38-46-60(4)5/h59-65,70H,9-58H2,1-8H3,(H,75,76)(H,77,78)/t62?,63?,64-,65-/m1/s1. The highest BCUT2D eigenvalue weighted by Crippen LogP contribution is 2.45. The van der Waals surface area contributed by atoms with Crippen LogP contribution in [0.3, 0.4) is 0 Å². The van der Waals surface area contributed by atoms with Crippen molar-refractivity contribution >= 4 is 39.5 Å². The smallest absolute Gasteiger partial charge is 0.462 e. The molecule has 0 aromatic rings. The molecule has 0 aliphatic heterocycles. The fraction of sp³-hybridized carbons (Fsp3) is 0.942. The number of aliphatic hydroxyl groups excluding tert-OH is 1. The number of carbonyl (C=O) groups is 4. The van der Waals surface area contributed by atoms with Crippen LogP contribution in [0.4, 0.5) is 0 Å². The minimum absolute atomic E-state index is 0.101. The molecule has 0 aliphatic rings. The Balaban J connectivity index is 5.25. The van der Waals surface area contributed by atoms with Gasteiger partial charge < -0.3 is 33.8 Å². The van der Waals surface area contributed by atoms with Crippen molar-refractivity contribution in [2.75, 3.05) is 39.6 Å². The number of rotatable bonds is 66. The molecule has 0 saturated carbocycles. The average molecular weight is 1300 g/mol. The van der Waals surface area contributed by atoms with Gasteiger partial charge in [-0.15, -0.1) is 0 Å². The van der Waals surface area contributed by atoms with Crippen molar-refractivity contribution in [3.8, 4) is 0 Å². The molecule has 522 valence electrons. The highest BCUT2D eigenvalue weighted by Gasteiger charge is 2.30. The van der Waals surface area contributed by atoms with Crippen LogP contribution in [0.25, 0.3) is 0 Å². The Kier molecular flexibility index (Phi) is 57.6. The SMILES string of the molecule is CCC(C)CCCCCCCCCCCCC(=O)OC[C@H](COP(=O)(O)OCC(O)COP(=O)(O)OC[C@@H](COC(=O)CCCCCCCCCCC(C)C)OC(=O)CCCCCCCCC(C)C)OC(=O)CCCCCCCCCCCCCC(C)C. The fourth-order valence-corrected chi connectivity index (χ4v) is 11.9. The topological polar surface area (TPSA) is 237 Å². The van der Waals surface area contributed by atoms with Gasteiger partial charge in [-0.3, -0.25) is 37.3 Å². The summed E-state index contributed by atoms with van der Waals surface area (Å²) in [6, 6.07) is 0. The first-order chi connectivity index (χ1) is 42.1. The number of hydrogen-bond donors (Lipinski definition) is 3. The van der Waals surface area contributed by atoms with Crippen LogP contribution in [0.15, 0.2) is 0 Å². The minimum atomic E-state index is -4.95. The monoisotopic (exact) mass is 1300 g/mol. The molecule has 0 fully saturated rings. The summed E-state index contributed by atoms with van der Waals surface area (Å²) in [6.07, 6.45) is 40.4. The third-order valence-corrected chi connectivity index (χ3v) is 18.1. The molecule has 0 aromatic heterocycles. The molecule has 17 nitrogen and oxygen atoms in total. The maximum absolute atomic E-state index is 13.0. The van der Waals surface area contributed by atoms with Gasteiger partial charge in [-0.2, -0.15) is 0 Å². The van der Waals surface area contributed by atoms with Crippen LogP contribution in [-0.2, 0) is 65.4 Å². The maximum Gasteiger partial charge on any atom is 0.472 e. The maximum atomic E-state index is 13.0. The van der Waals surface area contributed by atoms with Crippen molar-refractivity contribution in [2.45, 2.75) is 356 Å². The first kappa shape index (κ1) is 86.1. The number of phosphoric acid groups is 2. The lowest BCUT2D eigenvalue weighted by molar-refractivity contribution is -0.161. The summed E-state index contributed by atoms with van der Waals surface area (Å²) in [6.45, 7) is 14.0.